The van der Waals surface area contributed by atoms with Crippen LogP contribution in [0, 0.1) is 17.6 Å². The van der Waals surface area contributed by atoms with Crippen molar-refractivity contribution in [1.82, 2.24) is 15.2 Å². The minimum absolute atomic E-state index is 0.0667. The number of imide groups is 1. The molecule has 3 fully saturated rings. The molecule has 3 saturated heterocycles. The molecule has 3 aliphatic rings. The lowest BCUT2D eigenvalue weighted by atomic mass is 9.94. The number of anilines is 2. The number of piperidine rings is 2. The molecule has 10 heteroatoms. The van der Waals surface area contributed by atoms with Crippen LogP contribution < -0.4 is 21.4 Å². The number of hydrogen-bond acceptors (Lipinski definition) is 7. The van der Waals surface area contributed by atoms with E-state index in [4.69, 9.17) is 5.84 Å². The first-order valence-corrected chi connectivity index (χ1v) is 11.5. The van der Waals surface area contributed by atoms with E-state index in [9.17, 15) is 18.4 Å². The molecule has 176 valence electrons. The van der Waals surface area contributed by atoms with Gasteiger partial charge in [-0.05, 0) is 38.1 Å². The van der Waals surface area contributed by atoms with Crippen LogP contribution in [-0.4, -0.2) is 73.6 Å². The van der Waals surface area contributed by atoms with Crippen LogP contribution in [0.1, 0.15) is 32.1 Å². The van der Waals surface area contributed by atoms with Crippen LogP contribution in [0.4, 0.5) is 20.2 Å². The standard InChI is InChI=1S/C22H32F2N6O2/c23-16-14-20(17(24)13-19(16)26-18-1-2-21(31)27-22(18)32)29-11-9-28(10-12-29)6-3-15-4-7-30(25)8-5-15/h13-15,18,26H,1-12,25H2,(H,27,31,32). The number of nitrogens with one attached hydrogen (secondary N) is 2. The fourth-order valence-corrected chi connectivity index (χ4v) is 4.73. The van der Waals surface area contributed by atoms with Crippen LogP contribution in [0.2, 0.25) is 0 Å². The van der Waals surface area contributed by atoms with Crippen molar-refractivity contribution in [1.29, 1.82) is 0 Å². The zero-order chi connectivity index (χ0) is 22.7. The Morgan fingerprint density at radius 3 is 2.41 bits per heavy atom. The molecule has 0 aliphatic carbocycles. The number of nitrogens with two attached hydrogens (primary N) is 1. The lowest BCUT2D eigenvalue weighted by molar-refractivity contribution is -0.133. The Morgan fingerprint density at radius 2 is 1.72 bits per heavy atom. The quantitative estimate of drug-likeness (QED) is 0.444. The first-order valence-electron chi connectivity index (χ1n) is 11.5. The first kappa shape index (κ1) is 22.9. The largest absolute Gasteiger partial charge is 0.371 e. The lowest BCUT2D eigenvalue weighted by Crippen LogP contribution is -2.48. The van der Waals surface area contributed by atoms with Crippen LogP contribution in [0.5, 0.6) is 0 Å². The van der Waals surface area contributed by atoms with E-state index in [-0.39, 0.29) is 30.1 Å². The molecule has 0 radical (unpaired) electrons. The fraction of sp³-hybridized carbons (Fsp3) is 0.636. The third kappa shape index (κ3) is 5.54. The smallest absolute Gasteiger partial charge is 0.249 e. The minimum Gasteiger partial charge on any atom is -0.371 e. The summed E-state index contributed by atoms with van der Waals surface area (Å²) < 4.78 is 29.5. The van der Waals surface area contributed by atoms with Crippen LogP contribution in [0.25, 0.3) is 0 Å². The van der Waals surface area contributed by atoms with Gasteiger partial charge in [-0.3, -0.25) is 25.6 Å². The average Bonchev–Trinajstić information content (AvgIpc) is 2.78. The van der Waals surface area contributed by atoms with Gasteiger partial charge in [-0.15, -0.1) is 0 Å². The second-order valence-corrected chi connectivity index (χ2v) is 9.03. The van der Waals surface area contributed by atoms with Gasteiger partial charge in [-0.1, -0.05) is 0 Å². The Balaban J connectivity index is 1.29. The van der Waals surface area contributed by atoms with Gasteiger partial charge >= 0.3 is 0 Å². The molecule has 1 atom stereocenters. The van der Waals surface area contributed by atoms with Gasteiger partial charge in [0.2, 0.25) is 11.8 Å². The van der Waals surface area contributed by atoms with E-state index in [0.717, 1.165) is 58.1 Å². The van der Waals surface area contributed by atoms with Crippen molar-refractivity contribution < 1.29 is 18.4 Å². The molecule has 0 saturated carbocycles. The molecule has 4 rings (SSSR count). The summed E-state index contributed by atoms with van der Waals surface area (Å²) in [4.78, 5) is 27.4. The summed E-state index contributed by atoms with van der Waals surface area (Å²) in [6, 6.07) is 1.54. The molecular formula is C22H32F2N6O2. The number of carbonyl (C=O) groups is 2. The molecule has 3 heterocycles. The monoisotopic (exact) mass is 450 g/mol. The predicted octanol–water partition coefficient (Wildman–Crippen LogP) is 1.28. The summed E-state index contributed by atoms with van der Waals surface area (Å²) in [5, 5.41) is 6.82. The van der Waals surface area contributed by atoms with Crippen LogP contribution in [0.15, 0.2) is 12.1 Å². The van der Waals surface area contributed by atoms with Crippen molar-refractivity contribution in [2.24, 2.45) is 11.8 Å². The molecule has 1 aromatic rings. The van der Waals surface area contributed by atoms with E-state index >= 15 is 0 Å². The second kappa shape index (κ2) is 10.1. The molecule has 3 aliphatic heterocycles. The Hall–Kier alpha value is -2.30. The van der Waals surface area contributed by atoms with Crippen molar-refractivity contribution in [3.8, 4) is 0 Å². The summed E-state index contributed by atoms with van der Waals surface area (Å²) in [6.07, 6.45) is 3.85. The fourth-order valence-electron chi connectivity index (χ4n) is 4.73. The van der Waals surface area contributed by atoms with Crippen molar-refractivity contribution in [3.63, 3.8) is 0 Å². The van der Waals surface area contributed by atoms with Gasteiger partial charge in [0, 0.05) is 57.8 Å². The Labute approximate surface area is 187 Å². The molecule has 0 aromatic heterocycles. The highest BCUT2D eigenvalue weighted by atomic mass is 19.1. The topological polar surface area (TPSA) is 93.9 Å². The van der Waals surface area contributed by atoms with Gasteiger partial charge in [0.25, 0.3) is 0 Å². The highest BCUT2D eigenvalue weighted by molar-refractivity contribution is 6.01. The highest BCUT2D eigenvalue weighted by Crippen LogP contribution is 2.28. The van der Waals surface area contributed by atoms with Crippen LogP contribution in [0.3, 0.4) is 0 Å². The zero-order valence-corrected chi connectivity index (χ0v) is 18.3. The van der Waals surface area contributed by atoms with E-state index in [1.807, 2.05) is 9.91 Å². The number of hydrogen-bond donors (Lipinski definition) is 3. The lowest BCUT2D eigenvalue weighted by Gasteiger charge is -2.37. The molecule has 2 amide bonds. The molecule has 4 N–H and O–H groups in total. The molecule has 1 unspecified atom stereocenters. The SMILES string of the molecule is NN1CCC(CCN2CCN(c3cc(F)c(NC4CCC(=O)NC4=O)cc3F)CC2)CC1. The average molecular weight is 451 g/mol. The molecule has 0 bridgehead atoms. The number of piperazine rings is 1. The van der Waals surface area contributed by atoms with E-state index < -0.39 is 23.6 Å². The number of carbonyl (C=O) groups excluding carboxylic acids is 2. The van der Waals surface area contributed by atoms with Crippen molar-refractivity contribution in [3.05, 3.63) is 23.8 Å². The summed E-state index contributed by atoms with van der Waals surface area (Å²) in [5.74, 6) is 4.53. The molecule has 32 heavy (non-hydrogen) atoms. The van der Waals surface area contributed by atoms with Gasteiger partial charge in [-0.25, -0.2) is 13.8 Å². The predicted molar refractivity (Wildman–Crippen MR) is 118 cm³/mol. The van der Waals surface area contributed by atoms with E-state index in [2.05, 4.69) is 15.5 Å². The molecule has 0 spiro atoms. The number of halogens is 2. The van der Waals surface area contributed by atoms with Crippen LogP contribution in [-0.2, 0) is 9.59 Å². The zero-order valence-electron chi connectivity index (χ0n) is 18.3. The Morgan fingerprint density at radius 1 is 1.00 bits per heavy atom. The Bertz CT molecular complexity index is 838. The van der Waals surface area contributed by atoms with Crippen molar-refractivity contribution in [2.45, 2.75) is 38.1 Å². The maximum atomic E-state index is 14.8. The molecule has 8 nitrogen and oxygen atoms in total. The second-order valence-electron chi connectivity index (χ2n) is 9.03. The summed E-state index contributed by atoms with van der Waals surface area (Å²) in [7, 11) is 0. The molecule has 1 aromatic carbocycles. The summed E-state index contributed by atoms with van der Waals surface area (Å²) in [5.41, 5.74) is 0.175. The number of amides is 2. The van der Waals surface area contributed by atoms with Gasteiger partial charge in [0.05, 0.1) is 11.4 Å². The van der Waals surface area contributed by atoms with Gasteiger partial charge in [0.1, 0.15) is 17.7 Å². The van der Waals surface area contributed by atoms with Crippen molar-refractivity contribution >= 4 is 23.2 Å². The third-order valence-electron chi connectivity index (χ3n) is 6.82. The van der Waals surface area contributed by atoms with E-state index in [1.165, 1.54) is 6.07 Å². The van der Waals surface area contributed by atoms with Gasteiger partial charge in [0.15, 0.2) is 0 Å². The minimum atomic E-state index is -0.756. The third-order valence-corrected chi connectivity index (χ3v) is 6.82. The summed E-state index contributed by atoms with van der Waals surface area (Å²) in [6.45, 7) is 5.83. The number of rotatable bonds is 6. The van der Waals surface area contributed by atoms with Gasteiger partial charge < -0.3 is 10.2 Å². The van der Waals surface area contributed by atoms with Crippen molar-refractivity contribution in [2.75, 3.05) is 56.0 Å². The first-order chi connectivity index (χ1) is 15.4. The number of hydrazine groups is 1. The number of nitrogens with zero attached hydrogens (tertiary/aromatic N) is 3. The molecular weight excluding hydrogens is 418 g/mol. The maximum Gasteiger partial charge on any atom is 0.249 e. The van der Waals surface area contributed by atoms with Crippen LogP contribution >= 0.6 is 0 Å². The Kier molecular flexibility index (Phi) is 7.22. The normalized spacial score (nSPS) is 24.0. The number of benzene rings is 1. The van der Waals surface area contributed by atoms with E-state index in [0.29, 0.717) is 19.0 Å². The van der Waals surface area contributed by atoms with Gasteiger partial charge in [-0.2, -0.15) is 0 Å². The van der Waals surface area contributed by atoms with E-state index in [1.54, 1.807) is 0 Å². The highest BCUT2D eigenvalue weighted by Gasteiger charge is 2.28. The maximum absolute atomic E-state index is 14.8. The summed E-state index contributed by atoms with van der Waals surface area (Å²) >= 11 is 0.